The Morgan fingerprint density at radius 2 is 1.94 bits per heavy atom. The molecule has 92 valence electrons. The second kappa shape index (κ2) is 6.26. The first-order valence-corrected chi connectivity index (χ1v) is 6.86. The Labute approximate surface area is 111 Å². The van der Waals surface area contributed by atoms with Gasteiger partial charge in [0.25, 0.3) is 0 Å². The number of thioether (sulfide) groups is 1. The maximum absolute atomic E-state index is 10.9. The van der Waals surface area contributed by atoms with Crippen molar-refractivity contribution in [2.45, 2.75) is 11.5 Å². The zero-order valence-corrected chi connectivity index (χ0v) is 10.9. The molecular weight excluding hydrogens is 244 g/mol. The normalized spacial score (nSPS) is 10.1. The molecule has 3 heteroatoms. The van der Waals surface area contributed by atoms with Crippen LogP contribution in [0.2, 0.25) is 0 Å². The van der Waals surface area contributed by atoms with Crippen LogP contribution in [0.5, 0.6) is 5.75 Å². The molecule has 2 rings (SSSR count). The molecule has 0 aliphatic heterocycles. The van der Waals surface area contributed by atoms with Gasteiger partial charge in [0.2, 0.25) is 0 Å². The standard InChI is InChI=1S/C15H14O2S/c1-18-15-8-7-14(9-13(15)10-16)17-11-12-5-3-2-4-6-12/h2-10H,11H2,1H3. The third-order valence-corrected chi connectivity index (χ3v) is 3.39. The molecule has 0 atom stereocenters. The van der Waals surface area contributed by atoms with Crippen LogP contribution in [-0.4, -0.2) is 12.5 Å². The van der Waals surface area contributed by atoms with Crippen LogP contribution in [0.25, 0.3) is 0 Å². The van der Waals surface area contributed by atoms with Gasteiger partial charge in [0.05, 0.1) is 0 Å². The molecule has 0 unspecified atom stereocenters. The van der Waals surface area contributed by atoms with Crippen molar-refractivity contribution in [2.24, 2.45) is 0 Å². The molecule has 0 radical (unpaired) electrons. The topological polar surface area (TPSA) is 26.3 Å². The van der Waals surface area contributed by atoms with E-state index in [9.17, 15) is 4.79 Å². The van der Waals surface area contributed by atoms with Crippen molar-refractivity contribution in [1.29, 1.82) is 0 Å². The minimum absolute atomic E-state index is 0.512. The van der Waals surface area contributed by atoms with Crippen molar-refractivity contribution in [3.05, 3.63) is 59.7 Å². The van der Waals surface area contributed by atoms with Crippen LogP contribution in [0.3, 0.4) is 0 Å². The predicted octanol–water partition coefficient (Wildman–Crippen LogP) is 3.80. The molecule has 0 saturated heterocycles. The number of aldehydes is 1. The van der Waals surface area contributed by atoms with E-state index in [2.05, 4.69) is 0 Å². The molecule has 0 saturated carbocycles. The highest BCUT2D eigenvalue weighted by atomic mass is 32.2. The summed E-state index contributed by atoms with van der Waals surface area (Å²) in [6.45, 7) is 0.512. The van der Waals surface area contributed by atoms with Gasteiger partial charge in [-0.15, -0.1) is 11.8 Å². The Morgan fingerprint density at radius 1 is 1.17 bits per heavy atom. The van der Waals surface area contributed by atoms with Gasteiger partial charge in [0.1, 0.15) is 12.4 Å². The molecule has 2 nitrogen and oxygen atoms in total. The van der Waals surface area contributed by atoms with E-state index in [1.54, 1.807) is 17.8 Å². The van der Waals surface area contributed by atoms with Crippen LogP contribution in [-0.2, 0) is 6.61 Å². The summed E-state index contributed by atoms with van der Waals surface area (Å²) in [5, 5.41) is 0. The summed E-state index contributed by atoms with van der Waals surface area (Å²) in [4.78, 5) is 11.9. The molecule has 0 bridgehead atoms. The lowest BCUT2D eigenvalue weighted by Gasteiger charge is -2.08. The van der Waals surface area contributed by atoms with E-state index in [0.29, 0.717) is 12.2 Å². The SMILES string of the molecule is CSc1ccc(OCc2ccccc2)cc1C=O. The fourth-order valence-corrected chi connectivity index (χ4v) is 2.18. The molecule has 2 aromatic rings. The molecule has 0 amide bonds. The minimum Gasteiger partial charge on any atom is -0.489 e. The zero-order chi connectivity index (χ0) is 12.8. The fraction of sp³-hybridized carbons (Fsp3) is 0.133. The van der Waals surface area contributed by atoms with Crippen LogP contribution >= 0.6 is 11.8 Å². The molecule has 0 heterocycles. The van der Waals surface area contributed by atoms with E-state index in [4.69, 9.17) is 4.74 Å². The molecule has 0 fully saturated rings. The van der Waals surface area contributed by atoms with E-state index >= 15 is 0 Å². The molecular formula is C15H14O2S. The van der Waals surface area contributed by atoms with E-state index in [-0.39, 0.29) is 0 Å². The van der Waals surface area contributed by atoms with E-state index in [1.807, 2.05) is 48.7 Å². The molecule has 0 aliphatic carbocycles. The number of carbonyl (C=O) groups excluding carboxylic acids is 1. The maximum Gasteiger partial charge on any atom is 0.151 e. The quantitative estimate of drug-likeness (QED) is 0.602. The Bertz CT molecular complexity index is 523. The van der Waals surface area contributed by atoms with Crippen LogP contribution in [0.1, 0.15) is 15.9 Å². The Kier molecular flexibility index (Phi) is 4.42. The molecule has 0 aromatic heterocycles. The van der Waals surface area contributed by atoms with Crippen molar-refractivity contribution >= 4 is 18.0 Å². The summed E-state index contributed by atoms with van der Waals surface area (Å²) in [6.07, 6.45) is 2.81. The van der Waals surface area contributed by atoms with Gasteiger partial charge in [0.15, 0.2) is 6.29 Å². The predicted molar refractivity (Wildman–Crippen MR) is 74.4 cm³/mol. The number of carbonyl (C=O) groups is 1. The molecule has 2 aromatic carbocycles. The minimum atomic E-state index is 0.512. The van der Waals surface area contributed by atoms with Crippen LogP contribution in [0, 0.1) is 0 Å². The van der Waals surface area contributed by atoms with E-state index < -0.39 is 0 Å². The Morgan fingerprint density at radius 3 is 2.61 bits per heavy atom. The van der Waals surface area contributed by atoms with Crippen LogP contribution in [0.4, 0.5) is 0 Å². The second-order valence-electron chi connectivity index (χ2n) is 3.80. The molecule has 18 heavy (non-hydrogen) atoms. The van der Waals surface area contributed by atoms with Gasteiger partial charge in [-0.25, -0.2) is 0 Å². The average molecular weight is 258 g/mol. The third-order valence-electron chi connectivity index (χ3n) is 2.58. The van der Waals surface area contributed by atoms with Crippen molar-refractivity contribution in [3.63, 3.8) is 0 Å². The molecule has 0 N–H and O–H groups in total. The summed E-state index contributed by atoms with van der Waals surface area (Å²) in [5.74, 6) is 0.721. The van der Waals surface area contributed by atoms with Crippen molar-refractivity contribution in [2.75, 3.05) is 6.26 Å². The Balaban J connectivity index is 2.08. The highest BCUT2D eigenvalue weighted by molar-refractivity contribution is 7.98. The van der Waals surface area contributed by atoms with Crippen LogP contribution in [0.15, 0.2) is 53.4 Å². The number of hydrogen-bond donors (Lipinski definition) is 0. The summed E-state index contributed by atoms with van der Waals surface area (Å²) in [6, 6.07) is 15.5. The molecule has 0 aliphatic rings. The second-order valence-corrected chi connectivity index (χ2v) is 4.64. The van der Waals surface area contributed by atoms with Gasteiger partial charge in [-0.05, 0) is 30.0 Å². The summed E-state index contributed by atoms with van der Waals surface area (Å²) in [5.41, 5.74) is 1.78. The number of hydrogen-bond acceptors (Lipinski definition) is 3. The highest BCUT2D eigenvalue weighted by Gasteiger charge is 2.03. The first-order valence-electron chi connectivity index (χ1n) is 5.63. The van der Waals surface area contributed by atoms with Crippen molar-refractivity contribution < 1.29 is 9.53 Å². The fourth-order valence-electron chi connectivity index (χ4n) is 1.64. The van der Waals surface area contributed by atoms with Gasteiger partial charge in [0, 0.05) is 10.5 Å². The van der Waals surface area contributed by atoms with Gasteiger partial charge >= 0.3 is 0 Å². The maximum atomic E-state index is 10.9. The van der Waals surface area contributed by atoms with Crippen LogP contribution < -0.4 is 4.74 Å². The van der Waals surface area contributed by atoms with Crippen molar-refractivity contribution in [1.82, 2.24) is 0 Å². The summed E-state index contributed by atoms with van der Waals surface area (Å²) in [7, 11) is 0. The van der Waals surface area contributed by atoms with Gasteiger partial charge in [-0.1, -0.05) is 30.3 Å². The molecule has 0 spiro atoms. The summed E-state index contributed by atoms with van der Waals surface area (Å²) >= 11 is 1.56. The smallest absolute Gasteiger partial charge is 0.151 e. The largest absolute Gasteiger partial charge is 0.489 e. The lowest BCUT2D eigenvalue weighted by molar-refractivity contribution is 0.112. The first kappa shape index (κ1) is 12.7. The average Bonchev–Trinajstić information content (AvgIpc) is 2.45. The lowest BCUT2D eigenvalue weighted by Crippen LogP contribution is -1.96. The van der Waals surface area contributed by atoms with E-state index in [0.717, 1.165) is 22.5 Å². The highest BCUT2D eigenvalue weighted by Crippen LogP contribution is 2.24. The van der Waals surface area contributed by atoms with Gasteiger partial charge < -0.3 is 4.74 Å². The number of benzene rings is 2. The monoisotopic (exact) mass is 258 g/mol. The zero-order valence-electron chi connectivity index (χ0n) is 10.1. The third kappa shape index (κ3) is 3.14. The van der Waals surface area contributed by atoms with Gasteiger partial charge in [-0.2, -0.15) is 0 Å². The number of rotatable bonds is 5. The summed E-state index contributed by atoms with van der Waals surface area (Å²) < 4.78 is 5.67. The van der Waals surface area contributed by atoms with E-state index in [1.165, 1.54) is 0 Å². The number of ether oxygens (including phenoxy) is 1. The van der Waals surface area contributed by atoms with Gasteiger partial charge in [-0.3, -0.25) is 4.79 Å². The Hall–Kier alpha value is -1.74. The first-order chi connectivity index (χ1) is 8.83. The lowest BCUT2D eigenvalue weighted by atomic mass is 10.2. The van der Waals surface area contributed by atoms with Crippen molar-refractivity contribution in [3.8, 4) is 5.75 Å².